The second kappa shape index (κ2) is 8.73. The number of carbonyl (C=O) groups is 1. The second-order valence-electron chi connectivity index (χ2n) is 9.09. The van der Waals surface area contributed by atoms with Crippen LogP contribution in [0, 0.1) is 11.8 Å². The molecule has 0 N–H and O–H groups in total. The van der Waals surface area contributed by atoms with Crippen molar-refractivity contribution in [3.63, 3.8) is 0 Å². The standard InChI is InChI=1S/C26H31N3O/c30-26(17-21-9-12-27-13-10-21)29-18-23-7-8-24(25(23)19-29)22-5-3-20(4-6-22)11-16-28-14-1-2-15-28/h3-6,8-10,12-13,23,25H,1-2,7,11,14-19H2. The van der Waals surface area contributed by atoms with Gasteiger partial charge in [-0.25, -0.2) is 0 Å². The number of pyridine rings is 1. The highest BCUT2D eigenvalue weighted by molar-refractivity contribution is 5.80. The van der Waals surface area contributed by atoms with Crippen molar-refractivity contribution in [1.82, 2.24) is 14.8 Å². The van der Waals surface area contributed by atoms with Crippen molar-refractivity contribution in [3.8, 4) is 0 Å². The lowest BCUT2D eigenvalue weighted by atomic mass is 9.90. The van der Waals surface area contributed by atoms with Gasteiger partial charge in [-0.1, -0.05) is 30.3 Å². The number of nitrogens with zero attached hydrogens (tertiary/aromatic N) is 3. The van der Waals surface area contributed by atoms with Crippen molar-refractivity contribution in [2.24, 2.45) is 11.8 Å². The molecular formula is C26H31N3O. The van der Waals surface area contributed by atoms with Crippen LogP contribution in [0.25, 0.3) is 5.57 Å². The van der Waals surface area contributed by atoms with Gasteiger partial charge in [0.15, 0.2) is 0 Å². The minimum Gasteiger partial charge on any atom is -0.341 e. The summed E-state index contributed by atoms with van der Waals surface area (Å²) in [4.78, 5) is 21.5. The number of aromatic nitrogens is 1. The summed E-state index contributed by atoms with van der Waals surface area (Å²) in [6, 6.07) is 13.1. The molecule has 0 spiro atoms. The van der Waals surface area contributed by atoms with Gasteiger partial charge in [-0.3, -0.25) is 9.78 Å². The second-order valence-corrected chi connectivity index (χ2v) is 9.09. The van der Waals surface area contributed by atoms with Crippen LogP contribution in [0.3, 0.4) is 0 Å². The smallest absolute Gasteiger partial charge is 0.227 e. The number of fused-ring (bicyclic) bond motifs is 1. The Kier molecular flexibility index (Phi) is 5.67. The number of allylic oxidation sites excluding steroid dienone is 1. The van der Waals surface area contributed by atoms with E-state index in [-0.39, 0.29) is 5.91 Å². The average Bonchev–Trinajstić information content (AvgIpc) is 3.51. The maximum atomic E-state index is 12.8. The molecule has 5 rings (SSSR count). The van der Waals surface area contributed by atoms with Crippen LogP contribution in [0.5, 0.6) is 0 Å². The summed E-state index contributed by atoms with van der Waals surface area (Å²) in [6.45, 7) is 5.47. The Labute approximate surface area is 179 Å². The van der Waals surface area contributed by atoms with Crippen molar-refractivity contribution >= 4 is 11.5 Å². The summed E-state index contributed by atoms with van der Waals surface area (Å²) in [7, 11) is 0. The Morgan fingerprint density at radius 2 is 1.73 bits per heavy atom. The zero-order valence-electron chi connectivity index (χ0n) is 17.7. The third-order valence-electron chi connectivity index (χ3n) is 7.14. The number of hydrogen-bond donors (Lipinski definition) is 0. The molecule has 4 heteroatoms. The molecule has 2 atom stereocenters. The van der Waals surface area contributed by atoms with Crippen LogP contribution < -0.4 is 0 Å². The van der Waals surface area contributed by atoms with Crippen molar-refractivity contribution in [1.29, 1.82) is 0 Å². The Hall–Kier alpha value is -2.46. The summed E-state index contributed by atoms with van der Waals surface area (Å²) in [5, 5.41) is 0. The van der Waals surface area contributed by atoms with E-state index in [1.165, 1.54) is 49.2 Å². The first kappa shape index (κ1) is 19.5. The van der Waals surface area contributed by atoms with Crippen molar-refractivity contribution < 1.29 is 4.79 Å². The minimum atomic E-state index is 0.243. The first-order valence-electron chi connectivity index (χ1n) is 11.4. The molecule has 2 fully saturated rings. The summed E-state index contributed by atoms with van der Waals surface area (Å²) in [5.74, 6) is 1.31. The SMILES string of the molecule is O=C(Cc1ccncc1)N1CC2CC=C(c3ccc(CCN4CCCC4)cc3)C2C1. The molecule has 4 nitrogen and oxygen atoms in total. The van der Waals surface area contributed by atoms with Gasteiger partial charge < -0.3 is 9.80 Å². The van der Waals surface area contributed by atoms with E-state index in [0.717, 1.165) is 31.5 Å². The van der Waals surface area contributed by atoms with Gasteiger partial charge in [-0.05, 0) is 79.1 Å². The molecule has 0 saturated carbocycles. The van der Waals surface area contributed by atoms with Gasteiger partial charge in [0.1, 0.15) is 0 Å². The van der Waals surface area contributed by atoms with Crippen LogP contribution in [-0.2, 0) is 17.6 Å². The van der Waals surface area contributed by atoms with Crippen LogP contribution in [0.15, 0.2) is 54.9 Å². The molecule has 30 heavy (non-hydrogen) atoms. The maximum absolute atomic E-state index is 12.8. The molecular weight excluding hydrogens is 370 g/mol. The molecule has 1 amide bonds. The van der Waals surface area contributed by atoms with Crippen molar-refractivity contribution in [2.45, 2.75) is 32.1 Å². The lowest BCUT2D eigenvalue weighted by Gasteiger charge is -2.18. The quantitative estimate of drug-likeness (QED) is 0.738. The molecule has 3 heterocycles. The first-order chi connectivity index (χ1) is 14.8. The molecule has 2 aliphatic heterocycles. The van der Waals surface area contributed by atoms with Gasteiger partial charge in [0, 0.05) is 37.9 Å². The van der Waals surface area contributed by atoms with E-state index in [1.54, 1.807) is 12.4 Å². The van der Waals surface area contributed by atoms with Crippen LogP contribution in [0.4, 0.5) is 0 Å². The summed E-state index contributed by atoms with van der Waals surface area (Å²) in [6.07, 6.45) is 11.4. The van der Waals surface area contributed by atoms with Crippen LogP contribution in [-0.4, -0.2) is 53.4 Å². The lowest BCUT2D eigenvalue weighted by Crippen LogP contribution is -2.30. The Morgan fingerprint density at radius 1 is 0.967 bits per heavy atom. The molecule has 1 aliphatic carbocycles. The number of amides is 1. The molecule has 3 aliphatic rings. The van der Waals surface area contributed by atoms with Crippen molar-refractivity contribution in [2.75, 3.05) is 32.7 Å². The molecule has 156 valence electrons. The number of carbonyl (C=O) groups excluding carboxylic acids is 1. The van der Waals surface area contributed by atoms with Crippen LogP contribution in [0.2, 0.25) is 0 Å². The number of rotatable bonds is 6. The number of likely N-dealkylation sites (tertiary alicyclic amines) is 2. The van der Waals surface area contributed by atoms with Gasteiger partial charge in [-0.15, -0.1) is 0 Å². The molecule has 2 saturated heterocycles. The Bertz CT molecular complexity index is 900. The highest BCUT2D eigenvalue weighted by atomic mass is 16.2. The van der Waals surface area contributed by atoms with Gasteiger partial charge >= 0.3 is 0 Å². The summed E-state index contributed by atoms with van der Waals surface area (Å²) in [5.41, 5.74) is 5.27. The Morgan fingerprint density at radius 3 is 2.50 bits per heavy atom. The van der Waals surface area contributed by atoms with E-state index in [4.69, 9.17) is 0 Å². The lowest BCUT2D eigenvalue weighted by molar-refractivity contribution is -0.129. The van der Waals surface area contributed by atoms with Gasteiger partial charge in [0.05, 0.1) is 6.42 Å². The van der Waals surface area contributed by atoms with Crippen LogP contribution >= 0.6 is 0 Å². The molecule has 1 aromatic heterocycles. The molecule has 0 bridgehead atoms. The van der Waals surface area contributed by atoms with Gasteiger partial charge in [0.2, 0.25) is 5.91 Å². The van der Waals surface area contributed by atoms with Gasteiger partial charge in [-0.2, -0.15) is 0 Å². The number of benzene rings is 1. The summed E-state index contributed by atoms with van der Waals surface area (Å²) >= 11 is 0. The zero-order valence-corrected chi connectivity index (χ0v) is 17.7. The topological polar surface area (TPSA) is 36.4 Å². The molecule has 0 radical (unpaired) electrons. The fraction of sp³-hybridized carbons (Fsp3) is 0.462. The predicted octanol–water partition coefficient (Wildman–Crippen LogP) is 3.82. The van der Waals surface area contributed by atoms with E-state index in [9.17, 15) is 4.79 Å². The predicted molar refractivity (Wildman–Crippen MR) is 120 cm³/mol. The van der Waals surface area contributed by atoms with E-state index in [0.29, 0.717) is 18.3 Å². The maximum Gasteiger partial charge on any atom is 0.227 e. The monoisotopic (exact) mass is 401 g/mol. The third-order valence-corrected chi connectivity index (χ3v) is 7.14. The third kappa shape index (κ3) is 4.20. The van der Waals surface area contributed by atoms with E-state index in [1.807, 2.05) is 12.1 Å². The zero-order chi connectivity index (χ0) is 20.3. The fourth-order valence-electron chi connectivity index (χ4n) is 5.37. The minimum absolute atomic E-state index is 0.243. The van der Waals surface area contributed by atoms with Crippen molar-refractivity contribution in [3.05, 3.63) is 71.6 Å². The van der Waals surface area contributed by atoms with E-state index >= 15 is 0 Å². The Balaban J connectivity index is 1.19. The normalized spacial score (nSPS) is 23.6. The van der Waals surface area contributed by atoms with Gasteiger partial charge in [0.25, 0.3) is 0 Å². The largest absolute Gasteiger partial charge is 0.341 e. The summed E-state index contributed by atoms with van der Waals surface area (Å²) < 4.78 is 0. The molecule has 2 unspecified atom stereocenters. The molecule has 1 aromatic carbocycles. The van der Waals surface area contributed by atoms with E-state index in [2.05, 4.69) is 45.1 Å². The average molecular weight is 402 g/mol. The highest BCUT2D eigenvalue weighted by Gasteiger charge is 2.40. The highest BCUT2D eigenvalue weighted by Crippen LogP contribution is 2.43. The first-order valence-corrected chi connectivity index (χ1v) is 11.4. The van der Waals surface area contributed by atoms with Crippen LogP contribution in [0.1, 0.15) is 36.0 Å². The van der Waals surface area contributed by atoms with E-state index < -0.39 is 0 Å². The number of hydrogen-bond acceptors (Lipinski definition) is 3. The molecule has 2 aromatic rings. The fourth-order valence-corrected chi connectivity index (χ4v) is 5.37.